The summed E-state index contributed by atoms with van der Waals surface area (Å²) in [4.78, 5) is 11.2. The third-order valence-corrected chi connectivity index (χ3v) is 6.72. The SMILES string of the molecule is CSC(=O)SCc1ccc(CSC(=S)SC)cc1. The number of hydrogen-bond acceptors (Lipinski definition) is 6. The molecular formula is C12H14OS5. The van der Waals surface area contributed by atoms with Crippen molar-refractivity contribution in [2.45, 2.75) is 11.5 Å². The Morgan fingerprint density at radius 3 is 1.94 bits per heavy atom. The molecule has 0 saturated carbocycles. The second-order valence-corrected chi connectivity index (χ2v) is 8.27. The molecule has 0 atom stereocenters. The average Bonchev–Trinajstić information content (AvgIpc) is 2.43. The summed E-state index contributed by atoms with van der Waals surface area (Å²) in [7, 11) is 0. The second kappa shape index (κ2) is 9.31. The summed E-state index contributed by atoms with van der Waals surface area (Å²) < 4.78 is 1.14. The topological polar surface area (TPSA) is 17.1 Å². The minimum Gasteiger partial charge on any atom is -0.274 e. The minimum absolute atomic E-state index is 0.167. The van der Waals surface area contributed by atoms with Gasteiger partial charge in [-0.3, -0.25) is 4.79 Å². The Labute approximate surface area is 131 Å². The number of carbonyl (C=O) groups is 1. The molecule has 6 heteroatoms. The Balaban J connectivity index is 2.42. The van der Waals surface area contributed by atoms with Crippen molar-refractivity contribution in [3.63, 3.8) is 0 Å². The summed E-state index contributed by atoms with van der Waals surface area (Å²) in [5.74, 6) is 1.66. The highest BCUT2D eigenvalue weighted by Crippen LogP contribution is 2.22. The lowest BCUT2D eigenvalue weighted by Gasteiger charge is -2.03. The molecular weight excluding hydrogens is 320 g/mol. The van der Waals surface area contributed by atoms with E-state index in [1.165, 1.54) is 34.7 Å². The summed E-state index contributed by atoms with van der Waals surface area (Å²) >= 11 is 11.1. The van der Waals surface area contributed by atoms with E-state index in [1.54, 1.807) is 23.5 Å². The van der Waals surface area contributed by atoms with Crippen LogP contribution in [0.1, 0.15) is 11.1 Å². The maximum absolute atomic E-state index is 11.2. The lowest BCUT2D eigenvalue weighted by molar-refractivity contribution is 0.276. The molecule has 0 saturated heterocycles. The summed E-state index contributed by atoms with van der Waals surface area (Å²) in [6.07, 6.45) is 3.81. The lowest BCUT2D eigenvalue weighted by atomic mass is 10.2. The van der Waals surface area contributed by atoms with Crippen molar-refractivity contribution in [3.8, 4) is 0 Å². The highest BCUT2D eigenvalue weighted by Gasteiger charge is 2.02. The molecule has 0 amide bonds. The Bertz CT molecular complexity index is 362. The lowest BCUT2D eigenvalue weighted by Crippen LogP contribution is -1.87. The van der Waals surface area contributed by atoms with Gasteiger partial charge in [-0.05, 0) is 23.6 Å². The van der Waals surface area contributed by atoms with Crippen LogP contribution in [0, 0.1) is 0 Å². The fraction of sp³-hybridized carbons (Fsp3) is 0.333. The van der Waals surface area contributed by atoms with Gasteiger partial charge < -0.3 is 0 Å². The van der Waals surface area contributed by atoms with Crippen LogP contribution in [0.15, 0.2) is 24.3 Å². The van der Waals surface area contributed by atoms with Crippen molar-refractivity contribution in [1.82, 2.24) is 0 Å². The number of hydrogen-bond donors (Lipinski definition) is 0. The maximum Gasteiger partial charge on any atom is 0.246 e. The first-order valence-corrected chi connectivity index (χ1v) is 9.98. The number of carbonyl (C=O) groups excluding carboxylic acids is 1. The normalized spacial score (nSPS) is 10.3. The van der Waals surface area contributed by atoms with Crippen LogP contribution in [0.4, 0.5) is 4.79 Å². The molecule has 0 N–H and O–H groups in total. The molecule has 1 nitrogen and oxygen atoms in total. The van der Waals surface area contributed by atoms with Gasteiger partial charge in [0, 0.05) is 11.5 Å². The zero-order chi connectivity index (χ0) is 13.4. The van der Waals surface area contributed by atoms with E-state index in [4.69, 9.17) is 12.2 Å². The molecule has 0 fully saturated rings. The summed E-state index contributed by atoms with van der Waals surface area (Å²) in [6.45, 7) is 0. The quantitative estimate of drug-likeness (QED) is 0.691. The van der Waals surface area contributed by atoms with Gasteiger partial charge >= 0.3 is 0 Å². The van der Waals surface area contributed by atoms with Crippen LogP contribution in [-0.2, 0) is 11.5 Å². The van der Waals surface area contributed by atoms with E-state index in [2.05, 4.69) is 24.3 Å². The van der Waals surface area contributed by atoms with Gasteiger partial charge in [-0.2, -0.15) is 0 Å². The molecule has 98 valence electrons. The Morgan fingerprint density at radius 1 is 1.00 bits per heavy atom. The monoisotopic (exact) mass is 334 g/mol. The molecule has 0 spiro atoms. The molecule has 1 aromatic rings. The van der Waals surface area contributed by atoms with Gasteiger partial charge in [-0.1, -0.05) is 60.0 Å². The standard InChI is InChI=1S/C12H14OS5/c1-15-11(13)17-7-9-3-5-10(6-4-9)8-18-12(14)16-2/h3-6H,7-8H2,1-2H3. The van der Waals surface area contributed by atoms with Crippen LogP contribution in [0.5, 0.6) is 0 Å². The minimum atomic E-state index is 0.167. The zero-order valence-corrected chi connectivity index (χ0v) is 14.3. The molecule has 0 bridgehead atoms. The molecule has 18 heavy (non-hydrogen) atoms. The average molecular weight is 335 g/mol. The summed E-state index contributed by atoms with van der Waals surface area (Å²) in [6, 6.07) is 8.38. The fourth-order valence-corrected chi connectivity index (χ4v) is 3.56. The highest BCUT2D eigenvalue weighted by atomic mass is 32.2. The second-order valence-electron chi connectivity index (χ2n) is 3.30. The molecule has 0 aromatic heterocycles. The maximum atomic E-state index is 11.2. The van der Waals surface area contributed by atoms with E-state index >= 15 is 0 Å². The predicted octanol–water partition coefficient (Wildman–Crippen LogP) is 5.28. The van der Waals surface area contributed by atoms with E-state index in [-0.39, 0.29) is 4.45 Å². The van der Waals surface area contributed by atoms with Crippen molar-refractivity contribution < 1.29 is 4.79 Å². The van der Waals surface area contributed by atoms with Crippen LogP contribution in [0.3, 0.4) is 0 Å². The fourth-order valence-electron chi connectivity index (χ4n) is 1.13. The van der Waals surface area contributed by atoms with E-state index in [0.717, 1.165) is 15.0 Å². The first kappa shape index (κ1) is 16.4. The van der Waals surface area contributed by atoms with Crippen molar-refractivity contribution in [2.24, 2.45) is 0 Å². The molecule has 0 aliphatic carbocycles. The predicted molar refractivity (Wildman–Crippen MR) is 94.1 cm³/mol. The third kappa shape index (κ3) is 6.52. The van der Waals surface area contributed by atoms with Crippen LogP contribution in [0.25, 0.3) is 0 Å². The first-order chi connectivity index (χ1) is 8.65. The van der Waals surface area contributed by atoms with Gasteiger partial charge in [0.2, 0.25) is 4.45 Å². The van der Waals surface area contributed by atoms with Crippen LogP contribution >= 0.6 is 59.3 Å². The zero-order valence-electron chi connectivity index (χ0n) is 10.2. The highest BCUT2D eigenvalue weighted by molar-refractivity contribution is 8.46. The van der Waals surface area contributed by atoms with Crippen molar-refractivity contribution in [1.29, 1.82) is 0 Å². The van der Waals surface area contributed by atoms with Crippen LogP contribution in [-0.4, -0.2) is 20.5 Å². The summed E-state index contributed by atoms with van der Waals surface area (Å²) in [5.41, 5.74) is 2.45. The smallest absolute Gasteiger partial charge is 0.246 e. The van der Waals surface area contributed by atoms with Crippen molar-refractivity contribution in [2.75, 3.05) is 12.5 Å². The summed E-state index contributed by atoms with van der Waals surface area (Å²) in [5, 5.41) is 0. The van der Waals surface area contributed by atoms with Gasteiger partial charge in [0.1, 0.15) is 3.53 Å². The van der Waals surface area contributed by atoms with Gasteiger partial charge in [0.05, 0.1) is 0 Å². The third-order valence-electron chi connectivity index (χ3n) is 2.07. The molecule has 0 heterocycles. The van der Waals surface area contributed by atoms with Gasteiger partial charge in [-0.15, -0.1) is 23.5 Å². The van der Waals surface area contributed by atoms with E-state index in [1.807, 2.05) is 12.5 Å². The number of rotatable bonds is 4. The van der Waals surface area contributed by atoms with E-state index in [0.29, 0.717) is 0 Å². The molecule has 1 rings (SSSR count). The Hall–Kier alpha value is 0.380. The number of thiocarbonyl (C=S) groups is 1. The Morgan fingerprint density at radius 2 is 1.50 bits per heavy atom. The largest absolute Gasteiger partial charge is 0.274 e. The first-order valence-electron chi connectivity index (χ1n) is 5.15. The number of benzene rings is 1. The molecule has 1 aromatic carbocycles. The molecule has 0 aliphatic heterocycles. The van der Waals surface area contributed by atoms with Crippen molar-refractivity contribution >= 4 is 67.2 Å². The van der Waals surface area contributed by atoms with Gasteiger partial charge in [0.25, 0.3) is 0 Å². The Kier molecular flexibility index (Phi) is 8.50. The van der Waals surface area contributed by atoms with Crippen LogP contribution in [0.2, 0.25) is 0 Å². The van der Waals surface area contributed by atoms with Gasteiger partial charge in [0.15, 0.2) is 0 Å². The van der Waals surface area contributed by atoms with Gasteiger partial charge in [-0.25, -0.2) is 0 Å². The van der Waals surface area contributed by atoms with Crippen molar-refractivity contribution in [3.05, 3.63) is 35.4 Å². The van der Waals surface area contributed by atoms with Crippen LogP contribution < -0.4 is 0 Å². The molecule has 0 radical (unpaired) electrons. The number of thioether (sulfide) groups is 4. The van der Waals surface area contributed by atoms with E-state index in [9.17, 15) is 4.79 Å². The molecule has 0 unspecified atom stereocenters. The van der Waals surface area contributed by atoms with E-state index < -0.39 is 0 Å². The molecule has 0 aliphatic rings.